The number of hydrogen-bond acceptors (Lipinski definition) is 1. The van der Waals surface area contributed by atoms with Crippen LogP contribution in [0.25, 0.3) is 0 Å². The van der Waals surface area contributed by atoms with Crippen molar-refractivity contribution in [2.24, 2.45) is 11.8 Å². The molecule has 2 unspecified atom stereocenters. The Morgan fingerprint density at radius 1 is 1.38 bits per heavy atom. The molecule has 0 amide bonds. The van der Waals surface area contributed by atoms with Crippen LogP contribution >= 0.6 is 11.6 Å². The Bertz CT molecular complexity index is 367. The number of halogens is 2. The van der Waals surface area contributed by atoms with Gasteiger partial charge in [0.1, 0.15) is 5.82 Å². The topological polar surface area (TPSA) is 12.0 Å². The zero-order valence-electron chi connectivity index (χ0n) is 9.47. The molecule has 88 valence electrons. The summed E-state index contributed by atoms with van der Waals surface area (Å²) >= 11 is 5.77. The molecule has 0 saturated heterocycles. The van der Waals surface area contributed by atoms with Crippen molar-refractivity contribution in [3.8, 4) is 0 Å². The molecular formula is C13H17ClFN. The lowest BCUT2D eigenvalue weighted by molar-refractivity contribution is 0.174. The summed E-state index contributed by atoms with van der Waals surface area (Å²) in [5.41, 5.74) is 1.15. The molecule has 1 aromatic carbocycles. The van der Waals surface area contributed by atoms with Gasteiger partial charge in [-0.15, -0.1) is 0 Å². The molecule has 1 aliphatic carbocycles. The molecule has 1 N–H and O–H groups in total. The number of hydrogen-bond donors (Lipinski definition) is 1. The largest absolute Gasteiger partial charge is 0.319 e. The Morgan fingerprint density at radius 2 is 2.12 bits per heavy atom. The fourth-order valence-corrected chi connectivity index (χ4v) is 2.61. The first-order valence-corrected chi connectivity index (χ1v) is 6.17. The highest BCUT2D eigenvalue weighted by Gasteiger charge is 2.29. The van der Waals surface area contributed by atoms with E-state index in [0.717, 1.165) is 30.4 Å². The van der Waals surface area contributed by atoms with Crippen molar-refractivity contribution in [2.45, 2.75) is 19.3 Å². The van der Waals surface area contributed by atoms with Crippen LogP contribution in [-0.2, 0) is 6.42 Å². The fourth-order valence-electron chi connectivity index (χ4n) is 2.41. The smallest absolute Gasteiger partial charge is 0.141 e. The van der Waals surface area contributed by atoms with Crippen molar-refractivity contribution in [2.75, 3.05) is 13.6 Å². The third kappa shape index (κ3) is 2.55. The van der Waals surface area contributed by atoms with E-state index < -0.39 is 0 Å². The van der Waals surface area contributed by atoms with E-state index in [2.05, 4.69) is 5.32 Å². The predicted octanol–water partition coefficient (Wildman–Crippen LogP) is 3.27. The summed E-state index contributed by atoms with van der Waals surface area (Å²) in [6.45, 7) is 1.08. The molecule has 16 heavy (non-hydrogen) atoms. The molecule has 0 radical (unpaired) electrons. The van der Waals surface area contributed by atoms with Gasteiger partial charge >= 0.3 is 0 Å². The molecule has 2 rings (SSSR count). The molecule has 1 fully saturated rings. The number of benzene rings is 1. The lowest BCUT2D eigenvalue weighted by atomic mass is 9.71. The van der Waals surface area contributed by atoms with Crippen LogP contribution in [0, 0.1) is 17.7 Å². The van der Waals surface area contributed by atoms with E-state index in [1.54, 1.807) is 6.07 Å². The van der Waals surface area contributed by atoms with E-state index in [9.17, 15) is 4.39 Å². The Morgan fingerprint density at radius 3 is 2.69 bits per heavy atom. The van der Waals surface area contributed by atoms with E-state index in [1.807, 2.05) is 13.1 Å². The van der Waals surface area contributed by atoms with Gasteiger partial charge in [-0.3, -0.25) is 0 Å². The molecule has 1 aromatic rings. The lowest BCUT2D eigenvalue weighted by Crippen LogP contribution is -2.35. The summed E-state index contributed by atoms with van der Waals surface area (Å²) in [5, 5.41) is 3.46. The van der Waals surface area contributed by atoms with Crippen molar-refractivity contribution in [3.63, 3.8) is 0 Å². The van der Waals surface area contributed by atoms with Gasteiger partial charge in [0.05, 0.1) is 5.02 Å². The van der Waals surface area contributed by atoms with Gasteiger partial charge in [0.2, 0.25) is 0 Å². The average molecular weight is 242 g/mol. The average Bonchev–Trinajstić information content (AvgIpc) is 2.26. The maximum atomic E-state index is 13.0. The molecule has 1 aliphatic rings. The van der Waals surface area contributed by atoms with Gasteiger partial charge in [0, 0.05) is 0 Å². The minimum absolute atomic E-state index is 0.238. The molecule has 0 spiro atoms. The number of nitrogens with one attached hydrogen (secondary N) is 1. The molecule has 1 nitrogen and oxygen atoms in total. The molecule has 0 aromatic heterocycles. The van der Waals surface area contributed by atoms with Crippen LogP contribution in [0.15, 0.2) is 18.2 Å². The van der Waals surface area contributed by atoms with Crippen LogP contribution in [0.1, 0.15) is 18.4 Å². The molecule has 2 atom stereocenters. The zero-order chi connectivity index (χ0) is 11.5. The minimum Gasteiger partial charge on any atom is -0.319 e. The van der Waals surface area contributed by atoms with Gasteiger partial charge in [0.15, 0.2) is 0 Å². The van der Waals surface area contributed by atoms with Gasteiger partial charge in [-0.1, -0.05) is 17.7 Å². The van der Waals surface area contributed by atoms with Crippen LogP contribution in [-0.4, -0.2) is 13.6 Å². The second kappa shape index (κ2) is 5.15. The van der Waals surface area contributed by atoms with E-state index in [1.165, 1.54) is 18.9 Å². The van der Waals surface area contributed by atoms with Crippen LogP contribution in [0.2, 0.25) is 5.02 Å². The van der Waals surface area contributed by atoms with Crippen LogP contribution < -0.4 is 5.32 Å². The summed E-state index contributed by atoms with van der Waals surface area (Å²) in [7, 11) is 1.99. The van der Waals surface area contributed by atoms with E-state index in [-0.39, 0.29) is 10.8 Å². The maximum absolute atomic E-state index is 13.0. The van der Waals surface area contributed by atoms with Crippen molar-refractivity contribution >= 4 is 11.6 Å². The Kier molecular flexibility index (Phi) is 3.82. The van der Waals surface area contributed by atoms with E-state index in [4.69, 9.17) is 11.6 Å². The van der Waals surface area contributed by atoms with Crippen LogP contribution in [0.3, 0.4) is 0 Å². The van der Waals surface area contributed by atoms with Crippen molar-refractivity contribution in [3.05, 3.63) is 34.6 Å². The molecule has 0 heterocycles. The Balaban J connectivity index is 1.96. The van der Waals surface area contributed by atoms with Crippen molar-refractivity contribution in [1.29, 1.82) is 0 Å². The maximum Gasteiger partial charge on any atom is 0.141 e. The summed E-state index contributed by atoms with van der Waals surface area (Å²) in [6.07, 6.45) is 3.61. The van der Waals surface area contributed by atoms with Gasteiger partial charge < -0.3 is 5.32 Å². The Hall–Kier alpha value is -0.600. The first-order valence-electron chi connectivity index (χ1n) is 5.79. The summed E-state index contributed by atoms with van der Waals surface area (Å²) < 4.78 is 13.0. The first kappa shape index (κ1) is 11.9. The van der Waals surface area contributed by atoms with Crippen LogP contribution in [0.5, 0.6) is 0 Å². The number of rotatable bonds is 4. The zero-order valence-corrected chi connectivity index (χ0v) is 10.2. The SMILES string of the molecule is CNCC1CCC1Cc1ccc(F)c(Cl)c1. The monoisotopic (exact) mass is 241 g/mol. The van der Waals surface area contributed by atoms with E-state index in [0.29, 0.717) is 0 Å². The molecule has 3 heteroatoms. The standard InChI is InChI=1S/C13H17ClFN/c1-16-8-11-4-3-10(11)6-9-2-5-13(15)12(14)7-9/h2,5,7,10-11,16H,3-4,6,8H2,1H3. The minimum atomic E-state index is -0.328. The summed E-state index contributed by atoms with van der Waals surface area (Å²) in [4.78, 5) is 0. The molecular weight excluding hydrogens is 225 g/mol. The van der Waals surface area contributed by atoms with Crippen molar-refractivity contribution in [1.82, 2.24) is 5.32 Å². The highest BCUT2D eigenvalue weighted by molar-refractivity contribution is 6.30. The fraction of sp³-hybridized carbons (Fsp3) is 0.538. The van der Waals surface area contributed by atoms with Gasteiger partial charge in [-0.2, -0.15) is 0 Å². The highest BCUT2D eigenvalue weighted by Crippen LogP contribution is 2.36. The first-order chi connectivity index (χ1) is 7.70. The second-order valence-corrected chi connectivity index (χ2v) is 5.01. The second-order valence-electron chi connectivity index (χ2n) is 4.61. The third-order valence-electron chi connectivity index (χ3n) is 3.52. The van der Waals surface area contributed by atoms with Gasteiger partial charge in [-0.05, 0) is 62.4 Å². The van der Waals surface area contributed by atoms with Crippen LogP contribution in [0.4, 0.5) is 4.39 Å². The summed E-state index contributed by atoms with van der Waals surface area (Å²) in [5.74, 6) is 1.17. The normalized spacial score (nSPS) is 24.2. The molecule has 0 aliphatic heterocycles. The van der Waals surface area contributed by atoms with Crippen molar-refractivity contribution < 1.29 is 4.39 Å². The van der Waals surface area contributed by atoms with E-state index >= 15 is 0 Å². The highest BCUT2D eigenvalue weighted by atomic mass is 35.5. The van der Waals surface area contributed by atoms with Gasteiger partial charge in [-0.25, -0.2) is 4.39 Å². The lowest BCUT2D eigenvalue weighted by Gasteiger charge is -2.36. The van der Waals surface area contributed by atoms with Gasteiger partial charge in [0.25, 0.3) is 0 Å². The quantitative estimate of drug-likeness (QED) is 0.853. The Labute approximate surface area is 101 Å². The summed E-state index contributed by atoms with van der Waals surface area (Å²) in [6, 6.07) is 5.06. The molecule has 1 saturated carbocycles. The molecule has 0 bridgehead atoms. The predicted molar refractivity (Wildman–Crippen MR) is 65.3 cm³/mol. The third-order valence-corrected chi connectivity index (χ3v) is 3.81.